The van der Waals surface area contributed by atoms with Crippen molar-refractivity contribution in [1.29, 1.82) is 0 Å². The fraction of sp³-hybridized carbons (Fsp3) is 0.231. The summed E-state index contributed by atoms with van der Waals surface area (Å²) >= 11 is 6.40. The number of nitrogens with zero attached hydrogens (tertiary/aromatic N) is 2. The van der Waals surface area contributed by atoms with Gasteiger partial charge in [0.05, 0.1) is 17.6 Å². The molecule has 0 spiro atoms. The summed E-state index contributed by atoms with van der Waals surface area (Å²) in [5, 5.41) is 3.65. The number of carbonyl (C=O) groups excluding carboxylic acids is 1. The Morgan fingerprint density at radius 1 is 0.938 bits per heavy atom. The minimum atomic E-state index is -0.345. The summed E-state index contributed by atoms with van der Waals surface area (Å²) in [7, 11) is 0. The summed E-state index contributed by atoms with van der Waals surface area (Å²) < 4.78 is 15.2. The van der Waals surface area contributed by atoms with Crippen molar-refractivity contribution >= 4 is 28.5 Å². The van der Waals surface area contributed by atoms with Crippen molar-refractivity contribution in [2.45, 2.75) is 32.2 Å². The Balaban J connectivity index is 1.33. The van der Waals surface area contributed by atoms with Gasteiger partial charge in [-0.05, 0) is 60.9 Å². The number of unbranched alkanes of at least 4 members (excludes halogenated alkanes) is 2. The van der Waals surface area contributed by atoms with Crippen LogP contribution in [0.1, 0.15) is 41.0 Å². The minimum Gasteiger partial charge on any atom is -0.352 e. The van der Waals surface area contributed by atoms with Gasteiger partial charge in [0.15, 0.2) is 0 Å². The smallest absolute Gasteiger partial charge is 0.251 e. The highest BCUT2D eigenvalue weighted by molar-refractivity contribution is 6.31. The van der Waals surface area contributed by atoms with Crippen LogP contribution in [0.4, 0.5) is 4.39 Å². The highest BCUT2D eigenvalue weighted by atomic mass is 35.5. The second kappa shape index (κ2) is 10.4. The van der Waals surface area contributed by atoms with Crippen molar-refractivity contribution in [2.24, 2.45) is 0 Å². The van der Waals surface area contributed by atoms with Crippen molar-refractivity contribution in [3.8, 4) is 0 Å². The zero-order valence-electron chi connectivity index (χ0n) is 17.7. The van der Waals surface area contributed by atoms with Gasteiger partial charge in [-0.1, -0.05) is 48.4 Å². The second-order valence-electron chi connectivity index (χ2n) is 7.77. The van der Waals surface area contributed by atoms with Crippen LogP contribution in [0.2, 0.25) is 5.02 Å². The molecule has 0 aliphatic carbocycles. The molecule has 4 nitrogen and oxygen atoms in total. The molecule has 4 rings (SSSR count). The molecule has 6 heteroatoms. The molecule has 1 amide bonds. The Bertz CT molecular complexity index is 1200. The van der Waals surface area contributed by atoms with Gasteiger partial charge in [0.25, 0.3) is 5.91 Å². The first-order valence-corrected chi connectivity index (χ1v) is 11.2. The van der Waals surface area contributed by atoms with Crippen LogP contribution in [-0.4, -0.2) is 22.0 Å². The van der Waals surface area contributed by atoms with E-state index in [0.29, 0.717) is 18.7 Å². The number of hydrogen-bond donors (Lipinski definition) is 1. The van der Waals surface area contributed by atoms with Gasteiger partial charge >= 0.3 is 0 Å². The fourth-order valence-electron chi connectivity index (χ4n) is 3.78. The van der Waals surface area contributed by atoms with Gasteiger partial charge < -0.3 is 9.88 Å². The summed E-state index contributed by atoms with van der Waals surface area (Å²) in [5.41, 5.74) is 3.64. The maximum Gasteiger partial charge on any atom is 0.251 e. The molecule has 1 heterocycles. The van der Waals surface area contributed by atoms with Crippen LogP contribution in [0.25, 0.3) is 11.0 Å². The summed E-state index contributed by atoms with van der Waals surface area (Å²) in [6, 6.07) is 21.6. The maximum absolute atomic E-state index is 13.0. The number of halogens is 2. The van der Waals surface area contributed by atoms with E-state index in [1.54, 1.807) is 0 Å². The number of imidazole rings is 1. The minimum absolute atomic E-state index is 0.175. The molecular weight excluding hydrogens is 425 g/mol. The van der Waals surface area contributed by atoms with Crippen LogP contribution in [0.5, 0.6) is 0 Å². The SMILES string of the molecule is O=C(NCCCCCc1nc2ccccc2n1Cc1ccccc1Cl)c1ccc(F)cc1. The van der Waals surface area contributed by atoms with Gasteiger partial charge in [0, 0.05) is 23.6 Å². The van der Waals surface area contributed by atoms with E-state index in [-0.39, 0.29) is 11.7 Å². The largest absolute Gasteiger partial charge is 0.352 e. The summed E-state index contributed by atoms with van der Waals surface area (Å²) in [5.74, 6) is 0.523. The molecule has 1 N–H and O–H groups in total. The van der Waals surface area contributed by atoms with Crippen LogP contribution in [-0.2, 0) is 13.0 Å². The molecule has 32 heavy (non-hydrogen) atoms. The number of fused-ring (bicyclic) bond motifs is 1. The maximum atomic E-state index is 13.0. The van der Waals surface area contributed by atoms with Crippen LogP contribution in [0.3, 0.4) is 0 Å². The van der Waals surface area contributed by atoms with Crippen molar-refractivity contribution < 1.29 is 9.18 Å². The summed E-state index contributed by atoms with van der Waals surface area (Å²) in [4.78, 5) is 16.9. The molecule has 0 atom stereocenters. The van der Waals surface area contributed by atoms with Gasteiger partial charge in [-0.3, -0.25) is 4.79 Å². The van der Waals surface area contributed by atoms with E-state index >= 15 is 0 Å². The van der Waals surface area contributed by atoms with Crippen molar-refractivity contribution in [3.63, 3.8) is 0 Å². The Morgan fingerprint density at radius 3 is 2.50 bits per heavy atom. The molecule has 0 fully saturated rings. The van der Waals surface area contributed by atoms with Crippen LogP contribution >= 0.6 is 11.6 Å². The highest BCUT2D eigenvalue weighted by Crippen LogP contribution is 2.22. The Kier molecular flexibility index (Phi) is 7.17. The number of carbonyl (C=O) groups is 1. The zero-order chi connectivity index (χ0) is 22.3. The molecular formula is C26H25ClFN3O. The molecule has 0 unspecified atom stereocenters. The molecule has 164 valence electrons. The van der Waals surface area contributed by atoms with E-state index in [1.807, 2.05) is 42.5 Å². The van der Waals surface area contributed by atoms with Gasteiger partial charge in [-0.2, -0.15) is 0 Å². The number of amides is 1. The average molecular weight is 450 g/mol. The zero-order valence-corrected chi connectivity index (χ0v) is 18.5. The molecule has 0 saturated carbocycles. The molecule has 4 aromatic rings. The van der Waals surface area contributed by atoms with Gasteiger partial charge in [0.1, 0.15) is 11.6 Å². The number of nitrogens with one attached hydrogen (secondary N) is 1. The lowest BCUT2D eigenvalue weighted by atomic mass is 10.1. The third kappa shape index (κ3) is 5.35. The van der Waals surface area contributed by atoms with Gasteiger partial charge in [-0.15, -0.1) is 0 Å². The summed E-state index contributed by atoms with van der Waals surface area (Å²) in [6.45, 7) is 1.27. The Labute approximate surface area is 192 Å². The van der Waals surface area contributed by atoms with E-state index in [1.165, 1.54) is 24.3 Å². The average Bonchev–Trinajstić information content (AvgIpc) is 3.15. The number of benzene rings is 3. The van der Waals surface area contributed by atoms with E-state index in [0.717, 1.165) is 53.1 Å². The molecule has 0 radical (unpaired) electrons. The third-order valence-electron chi connectivity index (χ3n) is 5.49. The van der Waals surface area contributed by atoms with E-state index in [4.69, 9.17) is 16.6 Å². The topological polar surface area (TPSA) is 46.9 Å². The van der Waals surface area contributed by atoms with Crippen molar-refractivity contribution in [2.75, 3.05) is 6.54 Å². The van der Waals surface area contributed by atoms with E-state index < -0.39 is 0 Å². The second-order valence-corrected chi connectivity index (χ2v) is 8.17. The third-order valence-corrected chi connectivity index (χ3v) is 5.86. The monoisotopic (exact) mass is 449 g/mol. The first kappa shape index (κ1) is 22.0. The Morgan fingerprint density at radius 2 is 1.69 bits per heavy atom. The predicted molar refractivity (Wildman–Crippen MR) is 127 cm³/mol. The fourth-order valence-corrected chi connectivity index (χ4v) is 3.98. The molecule has 0 aliphatic rings. The Hall–Kier alpha value is -3.18. The summed E-state index contributed by atoms with van der Waals surface area (Å²) in [6.07, 6.45) is 3.67. The molecule has 3 aromatic carbocycles. The van der Waals surface area contributed by atoms with Crippen LogP contribution < -0.4 is 5.32 Å². The number of para-hydroxylation sites is 2. The van der Waals surface area contributed by atoms with Gasteiger partial charge in [-0.25, -0.2) is 9.37 Å². The molecule has 0 aliphatic heterocycles. The standard InChI is InChI=1S/C26H25ClFN3O/c27-22-9-4-3-8-20(22)18-31-24-11-6-5-10-23(24)30-25(31)12-2-1-7-17-29-26(32)19-13-15-21(28)16-14-19/h3-6,8-11,13-16H,1-2,7,12,17-18H2,(H,29,32). The molecule has 0 bridgehead atoms. The lowest BCUT2D eigenvalue weighted by molar-refractivity contribution is 0.0953. The number of aromatic nitrogens is 2. The quantitative estimate of drug-likeness (QED) is 0.317. The van der Waals surface area contributed by atoms with E-state index in [9.17, 15) is 9.18 Å². The van der Waals surface area contributed by atoms with E-state index in [2.05, 4.69) is 16.0 Å². The lowest BCUT2D eigenvalue weighted by Gasteiger charge is -2.11. The normalized spacial score (nSPS) is 11.1. The number of hydrogen-bond acceptors (Lipinski definition) is 2. The lowest BCUT2D eigenvalue weighted by Crippen LogP contribution is -2.24. The van der Waals surface area contributed by atoms with Crippen LogP contribution in [0.15, 0.2) is 72.8 Å². The van der Waals surface area contributed by atoms with Crippen LogP contribution in [0, 0.1) is 5.82 Å². The van der Waals surface area contributed by atoms with Crippen molar-refractivity contribution in [3.05, 3.63) is 101 Å². The highest BCUT2D eigenvalue weighted by Gasteiger charge is 2.12. The predicted octanol–water partition coefficient (Wildman–Crippen LogP) is 6.02. The molecule has 1 aromatic heterocycles. The molecule has 0 saturated heterocycles. The first-order chi connectivity index (χ1) is 15.6. The van der Waals surface area contributed by atoms with Crippen molar-refractivity contribution in [1.82, 2.24) is 14.9 Å². The number of aryl methyl sites for hydroxylation is 1. The van der Waals surface area contributed by atoms with Gasteiger partial charge in [0.2, 0.25) is 0 Å². The first-order valence-electron chi connectivity index (χ1n) is 10.8. The number of rotatable bonds is 9.